The van der Waals surface area contributed by atoms with Crippen molar-refractivity contribution in [1.29, 1.82) is 0 Å². The standard InChI is InChI=1S/C22H21ClFN3O2/c1-26-18(10-13-5-3-6-15(23)9-13)21(28)27(2)19(22(26)29)11-14-12-25-17-8-4-7-16(24)20(14)17/h3-9,12,18-19,25H,10-11H2,1-2H3/t18-,19-/m0/s1. The molecule has 0 spiro atoms. The summed E-state index contributed by atoms with van der Waals surface area (Å²) < 4.78 is 14.3. The number of likely N-dealkylation sites (N-methyl/N-ethyl adjacent to an activating group) is 2. The second-order valence-electron chi connectivity index (χ2n) is 7.44. The van der Waals surface area contributed by atoms with Crippen LogP contribution in [0.1, 0.15) is 11.1 Å². The molecule has 0 radical (unpaired) electrons. The third kappa shape index (κ3) is 3.49. The van der Waals surface area contributed by atoms with Gasteiger partial charge in [-0.15, -0.1) is 0 Å². The average molecular weight is 414 g/mol. The summed E-state index contributed by atoms with van der Waals surface area (Å²) in [5, 5.41) is 1.05. The number of fused-ring (bicyclic) bond motifs is 1. The van der Waals surface area contributed by atoms with Gasteiger partial charge >= 0.3 is 0 Å². The maximum Gasteiger partial charge on any atom is 0.246 e. The molecule has 2 aromatic carbocycles. The molecule has 29 heavy (non-hydrogen) atoms. The Bertz CT molecular complexity index is 1100. The van der Waals surface area contributed by atoms with Crippen molar-refractivity contribution in [2.75, 3.05) is 14.1 Å². The summed E-state index contributed by atoms with van der Waals surface area (Å²) in [5.41, 5.74) is 2.24. The number of carbonyl (C=O) groups excluding carboxylic acids is 2. The van der Waals surface area contributed by atoms with Crippen LogP contribution in [0, 0.1) is 5.82 Å². The van der Waals surface area contributed by atoms with Crippen molar-refractivity contribution in [1.82, 2.24) is 14.8 Å². The minimum absolute atomic E-state index is 0.141. The van der Waals surface area contributed by atoms with Gasteiger partial charge in [0.25, 0.3) is 0 Å². The topological polar surface area (TPSA) is 56.4 Å². The Hall–Kier alpha value is -2.86. The summed E-state index contributed by atoms with van der Waals surface area (Å²) in [6.45, 7) is 0. The first kappa shape index (κ1) is 19.5. The number of nitrogens with one attached hydrogen (secondary N) is 1. The quantitative estimate of drug-likeness (QED) is 0.712. The van der Waals surface area contributed by atoms with Crippen LogP contribution in [0.3, 0.4) is 0 Å². The van der Waals surface area contributed by atoms with Crippen LogP contribution in [0.2, 0.25) is 5.02 Å². The summed E-state index contributed by atoms with van der Waals surface area (Å²) in [4.78, 5) is 32.2. The number of halogens is 2. The van der Waals surface area contributed by atoms with Crippen LogP contribution in [0.5, 0.6) is 0 Å². The average Bonchev–Trinajstić information content (AvgIpc) is 3.11. The summed E-state index contributed by atoms with van der Waals surface area (Å²) in [6, 6.07) is 10.8. The third-order valence-electron chi connectivity index (χ3n) is 5.67. The molecular formula is C22H21ClFN3O2. The van der Waals surface area contributed by atoms with Gasteiger partial charge in [-0.3, -0.25) is 9.59 Å². The lowest BCUT2D eigenvalue weighted by molar-refractivity contribution is -0.158. The molecular weight excluding hydrogens is 393 g/mol. The Morgan fingerprint density at radius 3 is 2.34 bits per heavy atom. The number of benzene rings is 2. The SMILES string of the molecule is CN1C(=O)[C@H](Cc2c[nH]c3cccc(F)c23)N(C)C(=O)[C@@H]1Cc1cccc(Cl)c1. The van der Waals surface area contributed by atoms with Crippen molar-refractivity contribution in [2.24, 2.45) is 0 Å². The Morgan fingerprint density at radius 2 is 1.66 bits per heavy atom. The van der Waals surface area contributed by atoms with Crippen molar-refractivity contribution in [3.05, 3.63) is 70.6 Å². The number of aromatic amines is 1. The summed E-state index contributed by atoms with van der Waals surface area (Å²) in [6.07, 6.45) is 2.34. The fourth-order valence-corrected chi connectivity index (χ4v) is 4.23. The molecule has 2 heterocycles. The number of aromatic nitrogens is 1. The van der Waals surface area contributed by atoms with E-state index >= 15 is 0 Å². The highest BCUT2D eigenvalue weighted by Gasteiger charge is 2.42. The second kappa shape index (κ2) is 7.52. The smallest absolute Gasteiger partial charge is 0.246 e. The van der Waals surface area contributed by atoms with E-state index < -0.39 is 12.1 Å². The van der Waals surface area contributed by atoms with Gasteiger partial charge in [0.05, 0.1) is 0 Å². The summed E-state index contributed by atoms with van der Waals surface area (Å²) in [5.74, 6) is -0.648. The molecule has 2 amide bonds. The van der Waals surface area contributed by atoms with Gasteiger partial charge in [0.1, 0.15) is 17.9 Å². The van der Waals surface area contributed by atoms with Gasteiger partial charge in [-0.25, -0.2) is 4.39 Å². The molecule has 150 valence electrons. The van der Waals surface area contributed by atoms with E-state index in [-0.39, 0.29) is 24.1 Å². The molecule has 0 bridgehead atoms. The number of rotatable bonds is 4. The first-order chi connectivity index (χ1) is 13.9. The molecule has 1 saturated heterocycles. The zero-order valence-corrected chi connectivity index (χ0v) is 16.9. The van der Waals surface area contributed by atoms with E-state index in [0.717, 1.165) is 5.56 Å². The predicted octanol–water partition coefficient (Wildman–Crippen LogP) is 3.41. The van der Waals surface area contributed by atoms with Crippen molar-refractivity contribution < 1.29 is 14.0 Å². The monoisotopic (exact) mass is 413 g/mol. The van der Waals surface area contributed by atoms with Gasteiger partial charge in [-0.05, 0) is 35.4 Å². The molecule has 1 fully saturated rings. The predicted molar refractivity (Wildman–Crippen MR) is 110 cm³/mol. The maximum absolute atomic E-state index is 14.3. The molecule has 0 aliphatic carbocycles. The Morgan fingerprint density at radius 1 is 1.00 bits per heavy atom. The number of hydrogen-bond donors (Lipinski definition) is 1. The lowest BCUT2D eigenvalue weighted by Crippen LogP contribution is -2.63. The zero-order chi connectivity index (χ0) is 20.7. The van der Waals surface area contributed by atoms with Gasteiger partial charge in [-0.1, -0.05) is 29.8 Å². The lowest BCUT2D eigenvalue weighted by atomic mass is 9.95. The second-order valence-corrected chi connectivity index (χ2v) is 7.88. The molecule has 1 N–H and O–H groups in total. The molecule has 1 aliphatic rings. The summed E-state index contributed by atoms with van der Waals surface area (Å²) >= 11 is 6.05. The minimum atomic E-state index is -0.679. The van der Waals surface area contributed by atoms with E-state index in [1.165, 1.54) is 15.9 Å². The van der Waals surface area contributed by atoms with Gasteiger partial charge in [0.2, 0.25) is 11.8 Å². The van der Waals surface area contributed by atoms with E-state index in [1.807, 2.05) is 12.1 Å². The number of piperazine rings is 1. The van der Waals surface area contributed by atoms with Crippen molar-refractivity contribution in [2.45, 2.75) is 24.9 Å². The van der Waals surface area contributed by atoms with Crippen LogP contribution >= 0.6 is 11.6 Å². The lowest BCUT2D eigenvalue weighted by Gasteiger charge is -2.42. The zero-order valence-electron chi connectivity index (χ0n) is 16.2. The number of nitrogens with zero attached hydrogens (tertiary/aromatic N) is 2. The van der Waals surface area contributed by atoms with Crippen LogP contribution in [-0.2, 0) is 22.4 Å². The van der Waals surface area contributed by atoms with E-state index in [4.69, 9.17) is 11.6 Å². The van der Waals surface area contributed by atoms with Crippen LogP contribution in [0.25, 0.3) is 10.9 Å². The van der Waals surface area contributed by atoms with E-state index in [9.17, 15) is 14.0 Å². The minimum Gasteiger partial charge on any atom is -0.361 e. The Kier molecular flexibility index (Phi) is 5.04. The molecule has 1 aliphatic heterocycles. The fourth-order valence-electron chi connectivity index (χ4n) is 4.02. The van der Waals surface area contributed by atoms with Gasteiger partial charge in [0, 0.05) is 49.1 Å². The molecule has 1 aromatic heterocycles. The highest BCUT2D eigenvalue weighted by molar-refractivity contribution is 6.30. The van der Waals surface area contributed by atoms with Crippen LogP contribution in [0.4, 0.5) is 4.39 Å². The summed E-state index contributed by atoms with van der Waals surface area (Å²) in [7, 11) is 3.28. The number of amides is 2. The van der Waals surface area contributed by atoms with Gasteiger partial charge in [0.15, 0.2) is 0 Å². The Labute approximate surface area is 173 Å². The van der Waals surface area contributed by atoms with Gasteiger partial charge in [-0.2, -0.15) is 0 Å². The Balaban J connectivity index is 1.59. The van der Waals surface area contributed by atoms with E-state index in [1.54, 1.807) is 44.6 Å². The van der Waals surface area contributed by atoms with Crippen molar-refractivity contribution >= 4 is 34.3 Å². The fraction of sp³-hybridized carbons (Fsp3) is 0.273. The molecule has 3 aromatic rings. The first-order valence-corrected chi connectivity index (χ1v) is 9.77. The van der Waals surface area contributed by atoms with Crippen LogP contribution < -0.4 is 0 Å². The molecule has 2 atom stereocenters. The van der Waals surface area contributed by atoms with Gasteiger partial charge < -0.3 is 14.8 Å². The highest BCUT2D eigenvalue weighted by atomic mass is 35.5. The first-order valence-electron chi connectivity index (χ1n) is 9.39. The normalized spacial score (nSPS) is 20.0. The van der Waals surface area contributed by atoms with Crippen LogP contribution in [0.15, 0.2) is 48.7 Å². The largest absolute Gasteiger partial charge is 0.361 e. The van der Waals surface area contributed by atoms with Crippen molar-refractivity contribution in [3.63, 3.8) is 0 Å². The molecule has 4 rings (SSSR count). The molecule has 5 nitrogen and oxygen atoms in total. The molecule has 7 heteroatoms. The number of H-pyrrole nitrogens is 1. The molecule has 0 unspecified atom stereocenters. The highest BCUT2D eigenvalue weighted by Crippen LogP contribution is 2.27. The van der Waals surface area contributed by atoms with E-state index in [0.29, 0.717) is 27.9 Å². The maximum atomic E-state index is 14.3. The number of hydrogen-bond acceptors (Lipinski definition) is 2. The van der Waals surface area contributed by atoms with Crippen molar-refractivity contribution in [3.8, 4) is 0 Å². The third-order valence-corrected chi connectivity index (χ3v) is 5.90. The molecule has 0 saturated carbocycles. The number of carbonyl (C=O) groups is 2. The van der Waals surface area contributed by atoms with E-state index in [2.05, 4.69) is 4.98 Å². The van der Waals surface area contributed by atoms with Crippen LogP contribution in [-0.4, -0.2) is 52.8 Å².